The maximum absolute atomic E-state index is 12.7. The van der Waals surface area contributed by atoms with Crippen molar-refractivity contribution in [3.63, 3.8) is 0 Å². The van der Waals surface area contributed by atoms with Crippen LogP contribution in [-0.4, -0.2) is 48.3 Å². The number of nitrogens with zero attached hydrogens (tertiary/aromatic N) is 2. The standard InChI is InChI=1S/C19H12N2O6S3/c22-15(23)8-11(18(25)26)21-17(24)14(30-19(21)28)7-9-5-6-12(27-9)16-20-10-3-1-2-4-13(10)29-16/h1-7,11H,8H2,(H,22,23)(H,25,26)/b14-7-/t11-/m1/s1. The largest absolute Gasteiger partial charge is 0.481 e. The SMILES string of the molecule is O=C(O)C[C@H](C(=O)O)N1C(=O)/C(=C/c2ccc(-c3nc4ccccc4s3)o2)SC1=S. The van der Waals surface area contributed by atoms with E-state index in [2.05, 4.69) is 4.98 Å². The summed E-state index contributed by atoms with van der Waals surface area (Å²) in [6.45, 7) is 0. The van der Waals surface area contributed by atoms with Gasteiger partial charge in [0, 0.05) is 6.08 Å². The molecular formula is C19H12N2O6S3. The Morgan fingerprint density at radius 1 is 1.23 bits per heavy atom. The van der Waals surface area contributed by atoms with Gasteiger partial charge in [0.15, 0.2) is 10.8 Å². The number of hydrogen-bond acceptors (Lipinski definition) is 8. The van der Waals surface area contributed by atoms with Crippen LogP contribution in [0.5, 0.6) is 0 Å². The number of thiocarbonyl (C=S) groups is 1. The fraction of sp³-hybridized carbons (Fsp3) is 0.105. The smallest absolute Gasteiger partial charge is 0.327 e. The molecule has 1 saturated heterocycles. The fourth-order valence-corrected chi connectivity index (χ4v) is 5.12. The number of rotatable bonds is 6. The minimum absolute atomic E-state index is 0.0159. The molecule has 0 bridgehead atoms. The zero-order valence-corrected chi connectivity index (χ0v) is 17.4. The Labute approximate surface area is 182 Å². The number of thiazole rings is 1. The van der Waals surface area contributed by atoms with Gasteiger partial charge in [0.05, 0.1) is 21.5 Å². The minimum atomic E-state index is -1.57. The predicted molar refractivity (Wildman–Crippen MR) is 116 cm³/mol. The van der Waals surface area contributed by atoms with Gasteiger partial charge in [-0.1, -0.05) is 36.1 Å². The highest BCUT2D eigenvalue weighted by molar-refractivity contribution is 8.26. The number of amides is 1. The van der Waals surface area contributed by atoms with Crippen LogP contribution in [0, 0.1) is 0 Å². The van der Waals surface area contributed by atoms with Crippen molar-refractivity contribution in [3.8, 4) is 10.8 Å². The molecule has 8 nitrogen and oxygen atoms in total. The van der Waals surface area contributed by atoms with Gasteiger partial charge in [-0.2, -0.15) is 0 Å². The van der Waals surface area contributed by atoms with E-state index in [0.717, 1.165) is 26.9 Å². The molecule has 2 aromatic heterocycles. The number of para-hydroxylation sites is 1. The van der Waals surface area contributed by atoms with E-state index in [-0.39, 0.29) is 9.23 Å². The van der Waals surface area contributed by atoms with Gasteiger partial charge in [-0.15, -0.1) is 11.3 Å². The van der Waals surface area contributed by atoms with E-state index >= 15 is 0 Å². The highest BCUT2D eigenvalue weighted by Gasteiger charge is 2.41. The van der Waals surface area contributed by atoms with Crippen molar-refractivity contribution in [3.05, 3.63) is 47.1 Å². The van der Waals surface area contributed by atoms with Crippen molar-refractivity contribution in [2.45, 2.75) is 12.5 Å². The lowest BCUT2D eigenvalue weighted by Crippen LogP contribution is -2.45. The number of benzene rings is 1. The van der Waals surface area contributed by atoms with Crippen LogP contribution in [0.3, 0.4) is 0 Å². The van der Waals surface area contributed by atoms with Crippen molar-refractivity contribution in [2.75, 3.05) is 0 Å². The molecule has 0 radical (unpaired) electrons. The lowest BCUT2D eigenvalue weighted by molar-refractivity contribution is -0.150. The molecule has 1 atom stereocenters. The molecule has 1 aromatic carbocycles. The Morgan fingerprint density at radius 2 is 2.00 bits per heavy atom. The second kappa shape index (κ2) is 8.01. The highest BCUT2D eigenvalue weighted by Crippen LogP contribution is 2.36. The average Bonchev–Trinajstić information content (AvgIpc) is 3.38. The van der Waals surface area contributed by atoms with E-state index in [1.807, 2.05) is 24.3 Å². The quantitative estimate of drug-likeness (QED) is 0.419. The van der Waals surface area contributed by atoms with Crippen molar-refractivity contribution in [1.82, 2.24) is 9.88 Å². The molecule has 152 valence electrons. The van der Waals surface area contributed by atoms with Crippen LogP contribution in [0.25, 0.3) is 27.1 Å². The number of carbonyl (C=O) groups excluding carboxylic acids is 1. The number of carbonyl (C=O) groups is 3. The molecular weight excluding hydrogens is 448 g/mol. The van der Waals surface area contributed by atoms with Crippen LogP contribution in [-0.2, 0) is 14.4 Å². The summed E-state index contributed by atoms with van der Waals surface area (Å²) in [5.74, 6) is -2.54. The lowest BCUT2D eigenvalue weighted by atomic mass is 10.2. The van der Waals surface area contributed by atoms with Crippen molar-refractivity contribution in [2.24, 2.45) is 0 Å². The number of hydrogen-bond donors (Lipinski definition) is 2. The Bertz CT molecular complexity index is 1190. The van der Waals surface area contributed by atoms with Gasteiger partial charge in [-0.3, -0.25) is 14.5 Å². The first-order valence-electron chi connectivity index (χ1n) is 8.51. The van der Waals surface area contributed by atoms with Crippen molar-refractivity contribution < 1.29 is 29.0 Å². The third-order valence-electron chi connectivity index (χ3n) is 4.19. The monoisotopic (exact) mass is 460 g/mol. The summed E-state index contributed by atoms with van der Waals surface area (Å²) in [7, 11) is 0. The Balaban J connectivity index is 1.59. The maximum atomic E-state index is 12.7. The number of thioether (sulfide) groups is 1. The van der Waals surface area contributed by atoms with Gasteiger partial charge in [0.2, 0.25) is 0 Å². The number of fused-ring (bicyclic) bond motifs is 1. The first-order chi connectivity index (χ1) is 14.3. The maximum Gasteiger partial charge on any atom is 0.327 e. The van der Waals surface area contributed by atoms with Crippen molar-refractivity contribution >= 4 is 73.8 Å². The third-order valence-corrected chi connectivity index (χ3v) is 6.57. The fourth-order valence-electron chi connectivity index (χ4n) is 2.86. The summed E-state index contributed by atoms with van der Waals surface area (Å²) in [5, 5.41) is 18.9. The van der Waals surface area contributed by atoms with Gasteiger partial charge in [0.25, 0.3) is 5.91 Å². The van der Waals surface area contributed by atoms with Gasteiger partial charge in [-0.05, 0) is 24.3 Å². The number of aromatic nitrogens is 1. The molecule has 2 N–H and O–H groups in total. The second-order valence-electron chi connectivity index (χ2n) is 6.19. The normalized spacial score (nSPS) is 16.5. The van der Waals surface area contributed by atoms with E-state index in [0.29, 0.717) is 16.5 Å². The Morgan fingerprint density at radius 3 is 2.70 bits per heavy atom. The molecule has 11 heteroatoms. The third kappa shape index (κ3) is 3.86. The molecule has 3 aromatic rings. The van der Waals surface area contributed by atoms with Crippen LogP contribution in [0.15, 0.2) is 45.7 Å². The summed E-state index contributed by atoms with van der Waals surface area (Å²) >= 11 is 7.48. The van der Waals surface area contributed by atoms with E-state index in [9.17, 15) is 19.5 Å². The highest BCUT2D eigenvalue weighted by atomic mass is 32.2. The summed E-state index contributed by atoms with van der Waals surface area (Å²) in [6.07, 6.45) is 0.702. The number of carboxylic acid groups (broad SMARTS) is 2. The van der Waals surface area contributed by atoms with Crippen LogP contribution < -0.4 is 0 Å². The Hall–Kier alpha value is -3.02. The first-order valence-corrected chi connectivity index (χ1v) is 10.5. The topological polar surface area (TPSA) is 121 Å². The zero-order valence-electron chi connectivity index (χ0n) is 15.0. The predicted octanol–water partition coefficient (Wildman–Crippen LogP) is 3.69. The number of carboxylic acids is 2. The van der Waals surface area contributed by atoms with Crippen LogP contribution in [0.4, 0.5) is 0 Å². The summed E-state index contributed by atoms with van der Waals surface area (Å²) in [4.78, 5) is 40.6. The van der Waals surface area contributed by atoms with Gasteiger partial charge >= 0.3 is 11.9 Å². The summed E-state index contributed by atoms with van der Waals surface area (Å²) in [5.41, 5.74) is 0.856. The summed E-state index contributed by atoms with van der Waals surface area (Å²) < 4.78 is 6.79. The van der Waals surface area contributed by atoms with Crippen LogP contribution >= 0.6 is 35.3 Å². The molecule has 1 amide bonds. The van der Waals surface area contributed by atoms with E-state index in [1.165, 1.54) is 17.4 Å². The molecule has 1 aliphatic rings. The van der Waals surface area contributed by atoms with Gasteiger partial charge in [-0.25, -0.2) is 9.78 Å². The van der Waals surface area contributed by atoms with E-state index < -0.39 is 30.3 Å². The molecule has 0 spiro atoms. The molecule has 1 fully saturated rings. The molecule has 30 heavy (non-hydrogen) atoms. The Kier molecular flexibility index (Phi) is 5.41. The molecule has 1 aliphatic heterocycles. The lowest BCUT2D eigenvalue weighted by Gasteiger charge is -2.21. The van der Waals surface area contributed by atoms with Gasteiger partial charge in [0.1, 0.15) is 16.1 Å². The first kappa shape index (κ1) is 20.3. The molecule has 0 saturated carbocycles. The molecule has 0 unspecified atom stereocenters. The van der Waals surface area contributed by atoms with Crippen LogP contribution in [0.1, 0.15) is 12.2 Å². The zero-order chi connectivity index (χ0) is 21.4. The summed E-state index contributed by atoms with van der Waals surface area (Å²) in [6, 6.07) is 9.51. The average molecular weight is 461 g/mol. The second-order valence-corrected chi connectivity index (χ2v) is 8.90. The number of aliphatic carboxylic acids is 2. The molecule has 4 rings (SSSR count). The molecule has 3 heterocycles. The molecule has 0 aliphatic carbocycles. The van der Waals surface area contributed by atoms with Crippen molar-refractivity contribution in [1.29, 1.82) is 0 Å². The number of furan rings is 1. The van der Waals surface area contributed by atoms with E-state index in [4.69, 9.17) is 21.7 Å². The van der Waals surface area contributed by atoms with Gasteiger partial charge < -0.3 is 14.6 Å². The minimum Gasteiger partial charge on any atom is -0.481 e. The van der Waals surface area contributed by atoms with E-state index in [1.54, 1.807) is 12.1 Å². The van der Waals surface area contributed by atoms with Crippen LogP contribution in [0.2, 0.25) is 0 Å².